The summed E-state index contributed by atoms with van der Waals surface area (Å²) in [5, 5.41) is 7.68. The molecule has 1 aromatic carbocycles. The van der Waals surface area contributed by atoms with Gasteiger partial charge in [-0.25, -0.2) is 4.98 Å². The maximum Gasteiger partial charge on any atom is 0.291 e. The van der Waals surface area contributed by atoms with Crippen molar-refractivity contribution < 1.29 is 14.0 Å². The van der Waals surface area contributed by atoms with Crippen LogP contribution in [-0.4, -0.2) is 21.2 Å². The normalized spacial score (nSPS) is 11.2. The minimum absolute atomic E-state index is 0.223. The van der Waals surface area contributed by atoms with Crippen molar-refractivity contribution in [3.05, 3.63) is 76.9 Å². The molecule has 0 saturated heterocycles. The Kier molecular flexibility index (Phi) is 4.96. The van der Waals surface area contributed by atoms with Crippen molar-refractivity contribution in [1.82, 2.24) is 9.38 Å². The lowest BCUT2D eigenvalue weighted by atomic mass is 10.2. The van der Waals surface area contributed by atoms with Crippen LogP contribution >= 0.6 is 22.9 Å². The summed E-state index contributed by atoms with van der Waals surface area (Å²) in [4.78, 5) is 29.1. The molecule has 9 heteroatoms. The first-order valence-corrected chi connectivity index (χ1v) is 9.41. The monoisotopic (exact) mass is 412 g/mol. The lowest BCUT2D eigenvalue weighted by molar-refractivity contribution is -0.111. The zero-order valence-corrected chi connectivity index (χ0v) is 15.8. The van der Waals surface area contributed by atoms with E-state index in [-0.39, 0.29) is 17.6 Å². The van der Waals surface area contributed by atoms with E-state index in [0.717, 1.165) is 4.96 Å². The van der Waals surface area contributed by atoms with E-state index in [1.54, 1.807) is 42.5 Å². The summed E-state index contributed by atoms with van der Waals surface area (Å²) in [6.07, 6.45) is 6.27. The first-order chi connectivity index (χ1) is 13.6. The molecule has 0 aliphatic carbocycles. The maximum absolute atomic E-state index is 12.2. The molecule has 0 spiro atoms. The lowest BCUT2D eigenvalue weighted by Gasteiger charge is -2.06. The second-order valence-electron chi connectivity index (χ2n) is 5.67. The average molecular weight is 413 g/mol. The number of fused-ring (bicyclic) bond motifs is 1. The number of halogens is 1. The van der Waals surface area contributed by atoms with Gasteiger partial charge in [-0.1, -0.05) is 11.6 Å². The van der Waals surface area contributed by atoms with E-state index in [4.69, 9.17) is 16.0 Å². The minimum atomic E-state index is -0.345. The fourth-order valence-electron chi connectivity index (χ4n) is 2.50. The molecule has 0 fully saturated rings. The quantitative estimate of drug-likeness (QED) is 0.471. The third-order valence-corrected chi connectivity index (χ3v) is 4.84. The second-order valence-corrected chi connectivity index (χ2v) is 6.91. The Bertz CT molecular complexity index is 1160. The molecule has 2 amide bonds. The Balaban J connectivity index is 1.38. The van der Waals surface area contributed by atoms with Crippen molar-refractivity contribution in [2.45, 2.75) is 0 Å². The molecule has 140 valence electrons. The van der Waals surface area contributed by atoms with E-state index in [9.17, 15) is 9.59 Å². The second kappa shape index (κ2) is 7.71. The van der Waals surface area contributed by atoms with Gasteiger partial charge in [0.1, 0.15) is 0 Å². The predicted molar refractivity (Wildman–Crippen MR) is 109 cm³/mol. The van der Waals surface area contributed by atoms with Crippen LogP contribution in [0.2, 0.25) is 5.15 Å². The maximum atomic E-state index is 12.2. The van der Waals surface area contributed by atoms with Crippen LogP contribution in [0.15, 0.2) is 64.7 Å². The number of rotatable bonds is 5. The fourth-order valence-corrected chi connectivity index (χ4v) is 3.51. The van der Waals surface area contributed by atoms with Gasteiger partial charge < -0.3 is 15.1 Å². The van der Waals surface area contributed by atoms with Gasteiger partial charge in [0.15, 0.2) is 15.9 Å². The summed E-state index contributed by atoms with van der Waals surface area (Å²) in [6, 6.07) is 9.96. The van der Waals surface area contributed by atoms with Gasteiger partial charge >= 0.3 is 0 Å². The Hall–Kier alpha value is -3.36. The Morgan fingerprint density at radius 3 is 2.61 bits per heavy atom. The van der Waals surface area contributed by atoms with Gasteiger partial charge in [-0.15, -0.1) is 11.3 Å². The van der Waals surface area contributed by atoms with Gasteiger partial charge in [-0.2, -0.15) is 0 Å². The molecule has 3 heterocycles. The highest BCUT2D eigenvalue weighted by Crippen LogP contribution is 2.22. The molecular formula is C19H13ClN4O3S. The van der Waals surface area contributed by atoms with Crippen LogP contribution in [0.5, 0.6) is 0 Å². The van der Waals surface area contributed by atoms with Crippen molar-refractivity contribution in [2.24, 2.45) is 0 Å². The zero-order chi connectivity index (χ0) is 19.5. The van der Waals surface area contributed by atoms with Crippen molar-refractivity contribution in [2.75, 3.05) is 10.6 Å². The molecule has 7 nitrogen and oxygen atoms in total. The van der Waals surface area contributed by atoms with E-state index in [2.05, 4.69) is 15.6 Å². The third kappa shape index (κ3) is 3.83. The number of furan rings is 1. The lowest BCUT2D eigenvalue weighted by Crippen LogP contribution is -2.11. The van der Waals surface area contributed by atoms with Crippen molar-refractivity contribution in [1.29, 1.82) is 0 Å². The number of nitrogens with zero attached hydrogens (tertiary/aromatic N) is 2. The summed E-state index contributed by atoms with van der Waals surface area (Å²) < 4.78 is 6.85. The number of carbonyl (C=O) groups excluding carboxylic acids is 2. The number of benzene rings is 1. The molecule has 4 rings (SSSR count). The van der Waals surface area contributed by atoms with Crippen LogP contribution in [0, 0.1) is 0 Å². The van der Waals surface area contributed by atoms with Crippen LogP contribution in [-0.2, 0) is 4.79 Å². The number of thiazole rings is 1. The first kappa shape index (κ1) is 18.0. The molecular weight excluding hydrogens is 400 g/mol. The average Bonchev–Trinajstić information content (AvgIpc) is 3.40. The smallest absolute Gasteiger partial charge is 0.291 e. The van der Waals surface area contributed by atoms with Gasteiger partial charge in [0.2, 0.25) is 5.91 Å². The van der Waals surface area contributed by atoms with Gasteiger partial charge in [0, 0.05) is 29.0 Å². The number of hydrogen-bond acceptors (Lipinski definition) is 5. The summed E-state index contributed by atoms with van der Waals surface area (Å²) in [5.74, 6) is -0.434. The topological polar surface area (TPSA) is 88.6 Å². The molecule has 4 aromatic rings. The highest BCUT2D eigenvalue weighted by atomic mass is 35.5. The highest BCUT2D eigenvalue weighted by molar-refractivity contribution is 7.15. The number of imidazole rings is 1. The van der Waals surface area contributed by atoms with Crippen molar-refractivity contribution in [3.8, 4) is 0 Å². The van der Waals surface area contributed by atoms with Crippen molar-refractivity contribution in [3.63, 3.8) is 0 Å². The minimum Gasteiger partial charge on any atom is -0.459 e. The molecule has 0 saturated carbocycles. The standard InChI is InChI=1S/C19H13ClN4O3S/c20-17-14(24-9-11-28-19(24)23-17)7-8-16(25)21-12-3-5-13(6-4-12)22-18(26)15-2-1-10-27-15/h1-11H,(H,21,25)(H,22,26)/b8-7+. The number of aromatic nitrogens is 2. The summed E-state index contributed by atoms with van der Waals surface area (Å²) in [5.41, 5.74) is 1.82. The Morgan fingerprint density at radius 2 is 1.89 bits per heavy atom. The largest absolute Gasteiger partial charge is 0.459 e. The summed E-state index contributed by atoms with van der Waals surface area (Å²) >= 11 is 7.56. The van der Waals surface area contributed by atoms with E-state index < -0.39 is 0 Å². The summed E-state index contributed by atoms with van der Waals surface area (Å²) in [7, 11) is 0. The van der Waals surface area contributed by atoms with Crippen LogP contribution in [0.4, 0.5) is 11.4 Å². The number of anilines is 2. The van der Waals surface area contributed by atoms with Gasteiger partial charge in [-0.05, 0) is 42.5 Å². The predicted octanol–water partition coefficient (Wildman–Crippen LogP) is 4.55. The highest BCUT2D eigenvalue weighted by Gasteiger charge is 2.10. The zero-order valence-electron chi connectivity index (χ0n) is 14.3. The number of nitrogens with one attached hydrogen (secondary N) is 2. The SMILES string of the molecule is O=C(/C=C/c1c(Cl)nc2sccn12)Nc1ccc(NC(=O)c2ccco2)cc1. The molecule has 2 N–H and O–H groups in total. The molecule has 0 unspecified atom stereocenters. The van der Waals surface area contributed by atoms with E-state index >= 15 is 0 Å². The number of amides is 2. The molecule has 0 atom stereocenters. The van der Waals surface area contributed by atoms with Crippen molar-refractivity contribution >= 4 is 57.2 Å². The molecule has 0 aliphatic rings. The van der Waals surface area contributed by atoms with Crippen LogP contribution in [0.3, 0.4) is 0 Å². The van der Waals surface area contributed by atoms with Gasteiger partial charge in [0.05, 0.1) is 12.0 Å². The molecule has 3 aromatic heterocycles. The number of carbonyl (C=O) groups is 2. The molecule has 0 aliphatic heterocycles. The molecule has 0 bridgehead atoms. The summed E-state index contributed by atoms with van der Waals surface area (Å²) in [6.45, 7) is 0. The van der Waals surface area contributed by atoms with Crippen LogP contribution < -0.4 is 10.6 Å². The number of hydrogen-bond donors (Lipinski definition) is 2. The first-order valence-electron chi connectivity index (χ1n) is 8.15. The van der Waals surface area contributed by atoms with Crippen LogP contribution in [0.1, 0.15) is 16.2 Å². The van der Waals surface area contributed by atoms with Gasteiger partial charge in [0.25, 0.3) is 5.91 Å². The third-order valence-electron chi connectivity index (χ3n) is 3.80. The molecule has 28 heavy (non-hydrogen) atoms. The molecule has 0 radical (unpaired) electrons. The van der Waals surface area contributed by atoms with E-state index in [0.29, 0.717) is 22.2 Å². The van der Waals surface area contributed by atoms with Gasteiger partial charge in [-0.3, -0.25) is 14.0 Å². The fraction of sp³-hybridized carbons (Fsp3) is 0. The van der Waals surface area contributed by atoms with Crippen LogP contribution in [0.25, 0.3) is 11.0 Å². The Morgan fingerprint density at radius 1 is 1.14 bits per heavy atom. The Labute approximate surface area is 168 Å². The van der Waals surface area contributed by atoms with E-state index in [1.807, 2.05) is 16.0 Å². The van der Waals surface area contributed by atoms with E-state index in [1.165, 1.54) is 23.7 Å².